The first-order chi connectivity index (χ1) is 10.2. The SMILES string of the molecule is CC(=C(F)C(=O)N1CCCC1CN1CCOCC1)C1CC1. The van der Waals surface area contributed by atoms with E-state index in [-0.39, 0.29) is 11.9 Å². The summed E-state index contributed by atoms with van der Waals surface area (Å²) in [6.07, 6.45) is 4.03. The zero-order chi connectivity index (χ0) is 14.8. The monoisotopic (exact) mass is 296 g/mol. The first-order valence-corrected chi connectivity index (χ1v) is 8.14. The zero-order valence-corrected chi connectivity index (χ0v) is 12.8. The summed E-state index contributed by atoms with van der Waals surface area (Å²) in [6.45, 7) is 6.67. The molecule has 118 valence electrons. The number of morpholine rings is 1. The van der Waals surface area contributed by atoms with Crippen molar-refractivity contribution in [1.82, 2.24) is 9.80 Å². The quantitative estimate of drug-likeness (QED) is 0.744. The molecule has 1 saturated carbocycles. The van der Waals surface area contributed by atoms with Crippen LogP contribution in [0.25, 0.3) is 0 Å². The number of ether oxygens (including phenoxy) is 1. The van der Waals surface area contributed by atoms with E-state index in [1.54, 1.807) is 11.8 Å². The molecule has 4 nitrogen and oxygen atoms in total. The molecule has 2 saturated heterocycles. The van der Waals surface area contributed by atoms with Gasteiger partial charge in [0.1, 0.15) is 0 Å². The molecule has 1 atom stereocenters. The normalized spacial score (nSPS) is 28.7. The Bertz CT molecular complexity index is 428. The predicted octanol–water partition coefficient (Wildman–Crippen LogP) is 1.96. The molecule has 0 bridgehead atoms. The number of carbonyl (C=O) groups excluding carboxylic acids is 1. The molecular weight excluding hydrogens is 271 g/mol. The second kappa shape index (κ2) is 6.44. The van der Waals surface area contributed by atoms with Crippen molar-refractivity contribution < 1.29 is 13.9 Å². The maximum atomic E-state index is 14.3. The standard InChI is InChI=1S/C16H25FN2O2/c1-12(13-4-5-13)15(17)16(20)19-6-2-3-14(19)11-18-7-9-21-10-8-18/h13-14H,2-11H2,1H3. The maximum Gasteiger partial charge on any atom is 0.282 e. The van der Waals surface area contributed by atoms with Gasteiger partial charge in [0.2, 0.25) is 0 Å². The van der Waals surface area contributed by atoms with Gasteiger partial charge >= 0.3 is 0 Å². The average molecular weight is 296 g/mol. The van der Waals surface area contributed by atoms with E-state index < -0.39 is 5.83 Å². The molecule has 2 aliphatic heterocycles. The smallest absolute Gasteiger partial charge is 0.282 e. The zero-order valence-electron chi connectivity index (χ0n) is 12.8. The lowest BCUT2D eigenvalue weighted by Crippen LogP contribution is -2.47. The summed E-state index contributed by atoms with van der Waals surface area (Å²) in [5.74, 6) is -0.559. The molecule has 1 aliphatic carbocycles. The molecule has 1 amide bonds. The van der Waals surface area contributed by atoms with E-state index in [1.807, 2.05) is 0 Å². The fraction of sp³-hybridized carbons (Fsp3) is 0.812. The molecule has 0 spiro atoms. The van der Waals surface area contributed by atoms with Crippen LogP contribution in [0.3, 0.4) is 0 Å². The Morgan fingerprint density at radius 1 is 1.19 bits per heavy atom. The van der Waals surface area contributed by atoms with Gasteiger partial charge in [0.15, 0.2) is 5.83 Å². The van der Waals surface area contributed by atoms with Crippen LogP contribution in [0, 0.1) is 5.92 Å². The lowest BCUT2D eigenvalue weighted by Gasteiger charge is -2.32. The molecule has 21 heavy (non-hydrogen) atoms. The maximum absolute atomic E-state index is 14.3. The highest BCUT2D eigenvalue weighted by molar-refractivity contribution is 5.92. The molecule has 3 aliphatic rings. The van der Waals surface area contributed by atoms with Crippen molar-refractivity contribution in [3.8, 4) is 0 Å². The highest BCUT2D eigenvalue weighted by Gasteiger charge is 2.35. The highest BCUT2D eigenvalue weighted by Crippen LogP contribution is 2.38. The predicted molar refractivity (Wildman–Crippen MR) is 78.5 cm³/mol. The second-order valence-electron chi connectivity index (χ2n) is 6.48. The third kappa shape index (κ3) is 3.46. The van der Waals surface area contributed by atoms with E-state index in [2.05, 4.69) is 4.90 Å². The van der Waals surface area contributed by atoms with Crippen LogP contribution in [0.5, 0.6) is 0 Å². The van der Waals surface area contributed by atoms with Crippen LogP contribution >= 0.6 is 0 Å². The number of allylic oxidation sites excluding steroid dienone is 1. The summed E-state index contributed by atoms with van der Waals surface area (Å²) in [7, 11) is 0. The Balaban J connectivity index is 1.62. The minimum absolute atomic E-state index is 0.161. The Morgan fingerprint density at radius 3 is 2.57 bits per heavy atom. The number of halogens is 1. The Hall–Kier alpha value is -0.940. The number of rotatable bonds is 4. The summed E-state index contributed by atoms with van der Waals surface area (Å²) in [5, 5.41) is 0. The van der Waals surface area contributed by atoms with Crippen LogP contribution in [-0.4, -0.2) is 61.1 Å². The summed E-state index contributed by atoms with van der Waals surface area (Å²) in [6, 6.07) is 0.161. The molecule has 0 aromatic carbocycles. The van der Waals surface area contributed by atoms with E-state index in [1.165, 1.54) is 0 Å². The molecule has 5 heteroatoms. The second-order valence-corrected chi connectivity index (χ2v) is 6.48. The summed E-state index contributed by atoms with van der Waals surface area (Å²) < 4.78 is 19.7. The van der Waals surface area contributed by atoms with Gasteiger partial charge in [-0.2, -0.15) is 0 Å². The van der Waals surface area contributed by atoms with E-state index in [9.17, 15) is 9.18 Å². The third-order valence-corrected chi connectivity index (χ3v) is 4.93. The Kier molecular flexibility index (Phi) is 4.60. The van der Waals surface area contributed by atoms with Crippen molar-refractivity contribution >= 4 is 5.91 Å². The van der Waals surface area contributed by atoms with Gasteiger partial charge in [-0.25, -0.2) is 4.39 Å². The summed E-state index contributed by atoms with van der Waals surface area (Å²) in [4.78, 5) is 16.5. The van der Waals surface area contributed by atoms with Crippen LogP contribution < -0.4 is 0 Å². The number of likely N-dealkylation sites (tertiary alicyclic amines) is 1. The van der Waals surface area contributed by atoms with E-state index in [0.29, 0.717) is 18.0 Å². The van der Waals surface area contributed by atoms with Crippen molar-refractivity contribution in [3.63, 3.8) is 0 Å². The molecule has 0 N–H and O–H groups in total. The number of nitrogens with zero attached hydrogens (tertiary/aromatic N) is 2. The van der Waals surface area contributed by atoms with Crippen molar-refractivity contribution in [2.24, 2.45) is 5.92 Å². The Labute approximate surface area is 125 Å². The number of hydrogen-bond donors (Lipinski definition) is 0. The van der Waals surface area contributed by atoms with Gasteiger partial charge in [0.05, 0.1) is 13.2 Å². The van der Waals surface area contributed by atoms with Crippen LogP contribution in [-0.2, 0) is 9.53 Å². The minimum atomic E-state index is -0.494. The molecule has 2 heterocycles. The number of hydrogen-bond acceptors (Lipinski definition) is 3. The molecule has 0 radical (unpaired) electrons. The highest BCUT2D eigenvalue weighted by atomic mass is 19.1. The topological polar surface area (TPSA) is 32.8 Å². The van der Waals surface area contributed by atoms with E-state index in [0.717, 1.165) is 58.5 Å². The number of carbonyl (C=O) groups is 1. The molecule has 3 fully saturated rings. The lowest BCUT2D eigenvalue weighted by molar-refractivity contribution is -0.130. The van der Waals surface area contributed by atoms with Gasteiger partial charge < -0.3 is 9.64 Å². The molecule has 0 aromatic heterocycles. The van der Waals surface area contributed by atoms with E-state index >= 15 is 0 Å². The van der Waals surface area contributed by atoms with Crippen LogP contribution in [0.15, 0.2) is 11.4 Å². The first-order valence-electron chi connectivity index (χ1n) is 8.14. The van der Waals surface area contributed by atoms with Gasteiger partial charge in [0.25, 0.3) is 5.91 Å². The van der Waals surface area contributed by atoms with Gasteiger partial charge in [-0.1, -0.05) is 0 Å². The van der Waals surface area contributed by atoms with Gasteiger partial charge in [0, 0.05) is 32.2 Å². The van der Waals surface area contributed by atoms with Gasteiger partial charge in [-0.15, -0.1) is 0 Å². The summed E-state index contributed by atoms with van der Waals surface area (Å²) in [5.41, 5.74) is 0.664. The number of amides is 1. The van der Waals surface area contributed by atoms with Crippen LogP contribution in [0.4, 0.5) is 4.39 Å². The van der Waals surface area contributed by atoms with Crippen molar-refractivity contribution in [2.45, 2.75) is 38.6 Å². The average Bonchev–Trinajstić information content (AvgIpc) is 3.26. The van der Waals surface area contributed by atoms with Crippen molar-refractivity contribution in [3.05, 3.63) is 11.4 Å². The van der Waals surface area contributed by atoms with Crippen LogP contribution in [0.2, 0.25) is 0 Å². The van der Waals surface area contributed by atoms with Gasteiger partial charge in [-0.05, 0) is 44.1 Å². The van der Waals surface area contributed by atoms with E-state index in [4.69, 9.17) is 4.74 Å². The van der Waals surface area contributed by atoms with Gasteiger partial charge in [-0.3, -0.25) is 9.69 Å². The fourth-order valence-corrected chi connectivity index (χ4v) is 3.36. The first kappa shape index (κ1) is 15.0. The lowest BCUT2D eigenvalue weighted by atomic mass is 10.1. The Morgan fingerprint density at radius 2 is 1.90 bits per heavy atom. The minimum Gasteiger partial charge on any atom is -0.379 e. The fourth-order valence-electron chi connectivity index (χ4n) is 3.36. The van der Waals surface area contributed by atoms with Crippen LogP contribution in [0.1, 0.15) is 32.6 Å². The molecule has 1 unspecified atom stereocenters. The molecule has 3 rings (SSSR count). The third-order valence-electron chi connectivity index (χ3n) is 4.93. The largest absolute Gasteiger partial charge is 0.379 e. The van der Waals surface area contributed by atoms with Crippen molar-refractivity contribution in [2.75, 3.05) is 39.4 Å². The van der Waals surface area contributed by atoms with Crippen molar-refractivity contribution in [1.29, 1.82) is 0 Å². The molecular formula is C16H25FN2O2. The summed E-state index contributed by atoms with van der Waals surface area (Å²) >= 11 is 0. The molecule has 0 aromatic rings.